The Morgan fingerprint density at radius 2 is 2.12 bits per heavy atom. The van der Waals surface area contributed by atoms with E-state index in [1.54, 1.807) is 32.2 Å². The van der Waals surface area contributed by atoms with E-state index in [0.29, 0.717) is 16.3 Å². The second kappa shape index (κ2) is 5.68. The van der Waals surface area contributed by atoms with Crippen LogP contribution in [0.15, 0.2) is 23.4 Å². The summed E-state index contributed by atoms with van der Waals surface area (Å²) in [7, 11) is 1.65. The number of halogens is 1. The third-order valence-electron chi connectivity index (χ3n) is 2.27. The summed E-state index contributed by atoms with van der Waals surface area (Å²) in [5, 5.41) is 12.1. The molecule has 1 aromatic carbocycles. The fraction of sp³-hybridized carbons (Fsp3) is 0.333. The van der Waals surface area contributed by atoms with Gasteiger partial charge in [-0.25, -0.2) is 0 Å². The van der Waals surface area contributed by atoms with E-state index in [1.807, 2.05) is 6.92 Å². The van der Waals surface area contributed by atoms with Gasteiger partial charge in [0.15, 0.2) is 0 Å². The zero-order chi connectivity index (χ0) is 13.0. The van der Waals surface area contributed by atoms with E-state index in [4.69, 9.17) is 16.8 Å². The van der Waals surface area contributed by atoms with E-state index in [0.717, 1.165) is 5.56 Å². The maximum absolute atomic E-state index is 12.0. The molecule has 1 rings (SSSR count). The van der Waals surface area contributed by atoms with Gasteiger partial charge in [-0.2, -0.15) is 0 Å². The van der Waals surface area contributed by atoms with E-state index in [-0.39, 0.29) is 12.5 Å². The maximum atomic E-state index is 12.0. The molecular formula is C12H15ClN2O2. The monoisotopic (exact) mass is 254 g/mol. The highest BCUT2D eigenvalue weighted by Gasteiger charge is 2.13. The van der Waals surface area contributed by atoms with Crippen LogP contribution in [-0.2, 0) is 0 Å². The van der Waals surface area contributed by atoms with Crippen LogP contribution in [0.3, 0.4) is 0 Å². The molecule has 0 atom stereocenters. The molecule has 0 spiro atoms. The molecule has 4 nitrogen and oxygen atoms in total. The summed E-state index contributed by atoms with van der Waals surface area (Å²) < 4.78 is 0. The Bertz CT molecular complexity index is 438. The van der Waals surface area contributed by atoms with Crippen LogP contribution in [-0.4, -0.2) is 35.3 Å². The van der Waals surface area contributed by atoms with Crippen LogP contribution in [0.25, 0.3) is 0 Å². The van der Waals surface area contributed by atoms with Gasteiger partial charge in [-0.1, -0.05) is 16.8 Å². The highest BCUT2D eigenvalue weighted by Crippen LogP contribution is 2.15. The van der Waals surface area contributed by atoms with Crippen molar-refractivity contribution in [3.05, 3.63) is 34.3 Å². The molecular weight excluding hydrogens is 240 g/mol. The molecule has 0 saturated heterocycles. The number of amides is 1. The van der Waals surface area contributed by atoms with Crippen LogP contribution in [0, 0.1) is 6.92 Å². The van der Waals surface area contributed by atoms with Gasteiger partial charge in [-0.3, -0.25) is 4.79 Å². The molecule has 1 N–H and O–H groups in total. The van der Waals surface area contributed by atoms with Crippen molar-refractivity contribution in [3.63, 3.8) is 0 Å². The zero-order valence-corrected chi connectivity index (χ0v) is 10.8. The summed E-state index contributed by atoms with van der Waals surface area (Å²) in [6, 6.07) is 5.19. The van der Waals surface area contributed by atoms with Gasteiger partial charge in [0.1, 0.15) is 0 Å². The largest absolute Gasteiger partial charge is 0.411 e. The van der Waals surface area contributed by atoms with E-state index in [9.17, 15) is 4.79 Å². The summed E-state index contributed by atoms with van der Waals surface area (Å²) in [4.78, 5) is 13.5. The van der Waals surface area contributed by atoms with Crippen molar-refractivity contribution in [2.75, 3.05) is 13.6 Å². The molecule has 17 heavy (non-hydrogen) atoms. The van der Waals surface area contributed by atoms with Gasteiger partial charge in [0.2, 0.25) is 0 Å². The average molecular weight is 255 g/mol. The van der Waals surface area contributed by atoms with E-state index >= 15 is 0 Å². The van der Waals surface area contributed by atoms with E-state index < -0.39 is 0 Å². The molecule has 0 aliphatic carbocycles. The highest BCUT2D eigenvalue weighted by atomic mass is 35.5. The van der Waals surface area contributed by atoms with E-state index in [2.05, 4.69) is 5.16 Å². The molecule has 0 aliphatic heterocycles. The lowest BCUT2D eigenvalue weighted by Crippen LogP contribution is -2.31. The highest BCUT2D eigenvalue weighted by molar-refractivity contribution is 6.31. The number of nitrogens with zero attached hydrogens (tertiary/aromatic N) is 2. The van der Waals surface area contributed by atoms with Crippen molar-refractivity contribution >= 4 is 23.2 Å². The number of oxime groups is 1. The normalized spacial score (nSPS) is 11.4. The Labute approximate surface area is 105 Å². The molecule has 0 aromatic heterocycles. The van der Waals surface area contributed by atoms with Crippen LogP contribution in [0.4, 0.5) is 0 Å². The third kappa shape index (κ3) is 3.75. The van der Waals surface area contributed by atoms with Crippen molar-refractivity contribution in [2.45, 2.75) is 13.8 Å². The number of hydrogen-bond acceptors (Lipinski definition) is 3. The quantitative estimate of drug-likeness (QED) is 0.512. The SMILES string of the molecule is C/C(CN(C)C(=O)c1cc(C)cc(Cl)c1)=N\O. The van der Waals surface area contributed by atoms with E-state index in [1.165, 1.54) is 4.90 Å². The smallest absolute Gasteiger partial charge is 0.253 e. The first-order valence-electron chi connectivity index (χ1n) is 5.14. The predicted octanol–water partition coefficient (Wildman–Crippen LogP) is 2.57. The molecule has 1 amide bonds. The van der Waals surface area contributed by atoms with Crippen LogP contribution < -0.4 is 0 Å². The molecule has 0 bridgehead atoms. The molecule has 0 fully saturated rings. The lowest BCUT2D eigenvalue weighted by molar-refractivity contribution is 0.0814. The lowest BCUT2D eigenvalue weighted by Gasteiger charge is -2.16. The molecule has 0 saturated carbocycles. The second-order valence-electron chi connectivity index (χ2n) is 4.01. The molecule has 0 aliphatic rings. The van der Waals surface area contributed by atoms with Gasteiger partial charge in [0, 0.05) is 17.6 Å². The van der Waals surface area contributed by atoms with Crippen LogP contribution in [0.5, 0.6) is 0 Å². The summed E-state index contributed by atoms with van der Waals surface area (Å²) in [6.07, 6.45) is 0. The first kappa shape index (κ1) is 13.5. The molecule has 1 aromatic rings. The Morgan fingerprint density at radius 1 is 1.47 bits per heavy atom. The van der Waals surface area contributed by atoms with Crippen LogP contribution >= 0.6 is 11.6 Å². The Balaban J connectivity index is 2.88. The van der Waals surface area contributed by atoms with Gasteiger partial charge >= 0.3 is 0 Å². The number of rotatable bonds is 3. The Kier molecular flexibility index (Phi) is 4.52. The first-order chi connectivity index (χ1) is 7.93. The van der Waals surface area contributed by atoms with Crippen molar-refractivity contribution in [3.8, 4) is 0 Å². The average Bonchev–Trinajstić information content (AvgIpc) is 2.26. The number of aryl methyl sites for hydroxylation is 1. The summed E-state index contributed by atoms with van der Waals surface area (Å²) in [5.41, 5.74) is 1.93. The maximum Gasteiger partial charge on any atom is 0.253 e. The molecule has 5 heteroatoms. The minimum Gasteiger partial charge on any atom is -0.411 e. The predicted molar refractivity (Wildman–Crippen MR) is 68.0 cm³/mol. The van der Waals surface area contributed by atoms with Gasteiger partial charge in [-0.05, 0) is 37.6 Å². The summed E-state index contributed by atoms with van der Waals surface area (Å²) in [6.45, 7) is 3.80. The first-order valence-corrected chi connectivity index (χ1v) is 5.52. The molecule has 0 heterocycles. The number of hydrogen-bond donors (Lipinski definition) is 1. The number of carbonyl (C=O) groups excluding carboxylic acids is 1. The minimum absolute atomic E-state index is 0.154. The Hall–Kier alpha value is -1.55. The topological polar surface area (TPSA) is 52.9 Å². The molecule has 0 radical (unpaired) electrons. The van der Waals surface area contributed by atoms with Crippen molar-refractivity contribution in [2.24, 2.45) is 5.16 Å². The standard InChI is InChI=1S/C12H15ClN2O2/c1-8-4-10(6-11(13)5-8)12(16)15(3)7-9(2)14-17/h4-6,17H,7H2,1-3H3/b14-9+. The number of carbonyl (C=O) groups is 1. The van der Waals surface area contributed by atoms with Crippen molar-refractivity contribution in [1.29, 1.82) is 0 Å². The third-order valence-corrected chi connectivity index (χ3v) is 2.49. The van der Waals surface area contributed by atoms with Gasteiger partial charge in [0.05, 0.1) is 12.3 Å². The van der Waals surface area contributed by atoms with Crippen LogP contribution in [0.1, 0.15) is 22.8 Å². The summed E-state index contributed by atoms with van der Waals surface area (Å²) in [5.74, 6) is -0.154. The van der Waals surface area contributed by atoms with Crippen molar-refractivity contribution < 1.29 is 10.0 Å². The Morgan fingerprint density at radius 3 is 2.65 bits per heavy atom. The summed E-state index contributed by atoms with van der Waals surface area (Å²) >= 11 is 5.90. The van der Waals surface area contributed by atoms with Gasteiger partial charge < -0.3 is 10.1 Å². The minimum atomic E-state index is -0.154. The molecule has 92 valence electrons. The molecule has 0 unspecified atom stereocenters. The second-order valence-corrected chi connectivity index (χ2v) is 4.45. The van der Waals surface area contributed by atoms with Crippen LogP contribution in [0.2, 0.25) is 5.02 Å². The van der Waals surface area contributed by atoms with Gasteiger partial charge in [-0.15, -0.1) is 0 Å². The fourth-order valence-electron chi connectivity index (χ4n) is 1.53. The van der Waals surface area contributed by atoms with Crippen molar-refractivity contribution in [1.82, 2.24) is 4.90 Å². The van der Waals surface area contributed by atoms with Gasteiger partial charge in [0.25, 0.3) is 5.91 Å². The number of benzene rings is 1. The zero-order valence-electron chi connectivity index (χ0n) is 10.1. The lowest BCUT2D eigenvalue weighted by atomic mass is 10.1. The fourth-order valence-corrected chi connectivity index (χ4v) is 1.82.